The molecule has 1 unspecified atom stereocenters. The molecule has 1 N–H and O–H groups in total. The van der Waals surface area contributed by atoms with Gasteiger partial charge in [0.05, 0.1) is 23.7 Å². The van der Waals surface area contributed by atoms with Crippen LogP contribution in [0.4, 0.5) is 5.95 Å². The maximum atomic E-state index is 5.16. The minimum absolute atomic E-state index is 0.194. The van der Waals surface area contributed by atoms with Crippen molar-refractivity contribution in [2.45, 2.75) is 33.7 Å². The highest BCUT2D eigenvalue weighted by atomic mass is 16.5. The van der Waals surface area contributed by atoms with E-state index in [1.54, 1.807) is 7.11 Å². The van der Waals surface area contributed by atoms with Crippen molar-refractivity contribution in [1.29, 1.82) is 0 Å². The fourth-order valence-corrected chi connectivity index (χ4v) is 2.23. The Morgan fingerprint density at radius 2 is 1.95 bits per heavy atom. The number of pyridine rings is 1. The first-order valence-electron chi connectivity index (χ1n) is 6.77. The fourth-order valence-electron chi connectivity index (χ4n) is 2.23. The highest BCUT2D eigenvalue weighted by Gasteiger charge is 2.12. The molecule has 5 nitrogen and oxygen atoms in total. The number of nitrogens with zero attached hydrogens (tertiary/aromatic N) is 3. The molecular formula is C15H22N4O. The molecule has 2 rings (SSSR count). The summed E-state index contributed by atoms with van der Waals surface area (Å²) in [6.07, 6.45) is 2.02. The van der Waals surface area contributed by atoms with Crippen molar-refractivity contribution in [2.24, 2.45) is 0 Å². The van der Waals surface area contributed by atoms with Gasteiger partial charge in [0.1, 0.15) is 0 Å². The second kappa shape index (κ2) is 6.05. The Hall–Kier alpha value is -1.88. The van der Waals surface area contributed by atoms with E-state index in [0.717, 1.165) is 28.7 Å². The summed E-state index contributed by atoms with van der Waals surface area (Å²) in [5, 5.41) is 3.37. The van der Waals surface area contributed by atoms with E-state index in [-0.39, 0.29) is 6.04 Å². The predicted molar refractivity (Wildman–Crippen MR) is 80.5 cm³/mol. The van der Waals surface area contributed by atoms with Gasteiger partial charge in [-0.15, -0.1) is 0 Å². The van der Waals surface area contributed by atoms with Gasteiger partial charge >= 0.3 is 0 Å². The van der Waals surface area contributed by atoms with E-state index in [1.807, 2.05) is 37.6 Å². The Morgan fingerprint density at radius 1 is 1.20 bits per heavy atom. The molecule has 0 saturated carbocycles. The number of rotatable bonds is 5. The Morgan fingerprint density at radius 3 is 2.60 bits per heavy atom. The van der Waals surface area contributed by atoms with Gasteiger partial charge < -0.3 is 10.1 Å². The zero-order valence-corrected chi connectivity index (χ0v) is 12.8. The normalized spacial score (nSPS) is 12.4. The SMILES string of the molecule is COCC(C)Nc1nc(C)cn1-c1ccc(C)nc1C. The highest BCUT2D eigenvalue weighted by Crippen LogP contribution is 2.20. The molecule has 0 bridgehead atoms. The van der Waals surface area contributed by atoms with Crippen LogP contribution in [-0.4, -0.2) is 34.3 Å². The summed E-state index contributed by atoms with van der Waals surface area (Å²) in [7, 11) is 1.70. The number of ether oxygens (including phenoxy) is 1. The van der Waals surface area contributed by atoms with Gasteiger partial charge in [0, 0.05) is 25.0 Å². The maximum absolute atomic E-state index is 5.16. The second-order valence-electron chi connectivity index (χ2n) is 5.13. The van der Waals surface area contributed by atoms with E-state index < -0.39 is 0 Å². The van der Waals surface area contributed by atoms with E-state index in [4.69, 9.17) is 4.74 Å². The summed E-state index contributed by atoms with van der Waals surface area (Å²) in [6, 6.07) is 4.28. The van der Waals surface area contributed by atoms with Crippen LogP contribution >= 0.6 is 0 Å². The molecule has 0 aliphatic carbocycles. The van der Waals surface area contributed by atoms with Gasteiger partial charge in [-0.25, -0.2) is 4.98 Å². The zero-order chi connectivity index (χ0) is 14.7. The fraction of sp³-hybridized carbons (Fsp3) is 0.467. The van der Waals surface area contributed by atoms with E-state index in [2.05, 4.69) is 28.3 Å². The maximum Gasteiger partial charge on any atom is 0.208 e. The molecule has 2 aromatic heterocycles. The minimum Gasteiger partial charge on any atom is -0.383 e. The molecule has 0 aromatic carbocycles. The number of imidazole rings is 1. The largest absolute Gasteiger partial charge is 0.383 e. The zero-order valence-electron chi connectivity index (χ0n) is 12.8. The molecule has 5 heteroatoms. The van der Waals surface area contributed by atoms with Crippen molar-refractivity contribution < 1.29 is 4.74 Å². The topological polar surface area (TPSA) is 52.0 Å². The van der Waals surface area contributed by atoms with Crippen LogP contribution < -0.4 is 5.32 Å². The van der Waals surface area contributed by atoms with Crippen molar-refractivity contribution in [3.05, 3.63) is 35.4 Å². The van der Waals surface area contributed by atoms with Gasteiger partial charge in [-0.2, -0.15) is 0 Å². The van der Waals surface area contributed by atoms with Gasteiger partial charge in [-0.1, -0.05) is 0 Å². The summed E-state index contributed by atoms with van der Waals surface area (Å²) in [5.74, 6) is 0.820. The van der Waals surface area contributed by atoms with Crippen molar-refractivity contribution >= 4 is 5.95 Å². The Balaban J connectivity index is 2.36. The molecule has 0 fully saturated rings. The third-order valence-electron chi connectivity index (χ3n) is 3.08. The molecule has 2 heterocycles. The molecule has 1 atom stereocenters. The number of hydrogen-bond donors (Lipinski definition) is 1. The smallest absolute Gasteiger partial charge is 0.208 e. The molecular weight excluding hydrogens is 252 g/mol. The molecule has 0 aliphatic rings. The Bertz CT molecular complexity index is 592. The lowest BCUT2D eigenvalue weighted by atomic mass is 10.2. The monoisotopic (exact) mass is 274 g/mol. The van der Waals surface area contributed by atoms with Gasteiger partial charge in [-0.05, 0) is 39.8 Å². The van der Waals surface area contributed by atoms with E-state index >= 15 is 0 Å². The van der Waals surface area contributed by atoms with Crippen molar-refractivity contribution in [3.8, 4) is 5.69 Å². The third kappa shape index (κ3) is 3.17. The van der Waals surface area contributed by atoms with Gasteiger partial charge in [-0.3, -0.25) is 9.55 Å². The average molecular weight is 274 g/mol. The molecule has 20 heavy (non-hydrogen) atoms. The molecule has 0 spiro atoms. The second-order valence-corrected chi connectivity index (χ2v) is 5.13. The molecule has 0 aliphatic heterocycles. The summed E-state index contributed by atoms with van der Waals surface area (Å²) >= 11 is 0. The lowest BCUT2D eigenvalue weighted by Gasteiger charge is -2.16. The van der Waals surface area contributed by atoms with Crippen LogP contribution in [0.1, 0.15) is 24.0 Å². The minimum atomic E-state index is 0.194. The first-order chi connectivity index (χ1) is 9.51. The first-order valence-corrected chi connectivity index (χ1v) is 6.77. The van der Waals surface area contributed by atoms with Crippen molar-refractivity contribution in [3.63, 3.8) is 0 Å². The number of aryl methyl sites for hydroxylation is 3. The van der Waals surface area contributed by atoms with Crippen LogP contribution in [0.15, 0.2) is 18.3 Å². The van der Waals surface area contributed by atoms with Crippen LogP contribution in [0.2, 0.25) is 0 Å². The summed E-state index contributed by atoms with van der Waals surface area (Å²) in [6.45, 7) is 8.70. The van der Waals surface area contributed by atoms with E-state index in [0.29, 0.717) is 6.61 Å². The quantitative estimate of drug-likeness (QED) is 0.910. The first kappa shape index (κ1) is 14.5. The van der Waals surface area contributed by atoms with Gasteiger partial charge in [0.25, 0.3) is 0 Å². The van der Waals surface area contributed by atoms with Crippen LogP contribution in [0.3, 0.4) is 0 Å². The molecule has 0 radical (unpaired) electrons. The predicted octanol–water partition coefficient (Wildman–Crippen LogP) is 2.64. The number of nitrogens with one attached hydrogen (secondary N) is 1. The average Bonchev–Trinajstić information content (AvgIpc) is 2.70. The highest BCUT2D eigenvalue weighted by molar-refractivity contribution is 5.46. The van der Waals surface area contributed by atoms with Crippen LogP contribution in [0, 0.1) is 20.8 Å². The van der Waals surface area contributed by atoms with E-state index in [9.17, 15) is 0 Å². The van der Waals surface area contributed by atoms with Crippen molar-refractivity contribution in [2.75, 3.05) is 19.0 Å². The lowest BCUT2D eigenvalue weighted by molar-refractivity contribution is 0.190. The van der Waals surface area contributed by atoms with Crippen LogP contribution in [0.25, 0.3) is 5.69 Å². The number of aromatic nitrogens is 3. The number of hydrogen-bond acceptors (Lipinski definition) is 4. The number of methoxy groups -OCH3 is 1. The summed E-state index contributed by atoms with van der Waals surface area (Å²) in [5.41, 5.74) is 4.02. The Labute approximate surface area is 120 Å². The molecule has 2 aromatic rings. The van der Waals surface area contributed by atoms with Crippen LogP contribution in [0.5, 0.6) is 0 Å². The standard InChI is InChI=1S/C15H22N4O/c1-10-6-7-14(13(4)16-10)19-8-11(2)17-15(19)18-12(3)9-20-5/h6-8,12H,9H2,1-5H3,(H,17,18). The molecule has 0 saturated heterocycles. The third-order valence-corrected chi connectivity index (χ3v) is 3.08. The van der Waals surface area contributed by atoms with Crippen LogP contribution in [-0.2, 0) is 4.74 Å². The Kier molecular flexibility index (Phi) is 4.39. The van der Waals surface area contributed by atoms with Gasteiger partial charge in [0.2, 0.25) is 5.95 Å². The summed E-state index contributed by atoms with van der Waals surface area (Å²) < 4.78 is 7.20. The molecule has 108 valence electrons. The molecule has 0 amide bonds. The van der Waals surface area contributed by atoms with Gasteiger partial charge in [0.15, 0.2) is 0 Å². The summed E-state index contributed by atoms with van der Waals surface area (Å²) in [4.78, 5) is 9.06. The lowest BCUT2D eigenvalue weighted by Crippen LogP contribution is -2.23. The van der Waals surface area contributed by atoms with Crippen molar-refractivity contribution in [1.82, 2.24) is 14.5 Å². The number of anilines is 1. The van der Waals surface area contributed by atoms with E-state index in [1.165, 1.54) is 0 Å².